The summed E-state index contributed by atoms with van der Waals surface area (Å²) in [5.74, 6) is 1.28. The second-order valence-electron chi connectivity index (χ2n) is 10.2. The minimum atomic E-state index is -0.496. The first-order valence-electron chi connectivity index (χ1n) is 15.1. The number of rotatable bonds is 19. The van der Waals surface area contributed by atoms with Crippen molar-refractivity contribution < 1.29 is 28.5 Å². The van der Waals surface area contributed by atoms with E-state index < -0.39 is 11.9 Å². The Morgan fingerprint density at radius 2 is 0.756 bits per heavy atom. The van der Waals surface area contributed by atoms with E-state index in [0.717, 1.165) is 30.8 Å². The van der Waals surface area contributed by atoms with Crippen LogP contribution in [0, 0.1) is 0 Å². The van der Waals surface area contributed by atoms with Crippen LogP contribution in [0.2, 0.25) is 0 Å². The standard InChI is InChI=1S/C35H44O6/c1-3-5-7-9-11-13-27-39-31-22-24-33(25-23-31)41-35(37)29-16-20-32(21-17-29)40-34(36)28-14-18-30(19-15-28)38-26-12-10-8-6-4-2/h14-25H,3-13,26-27H2,1-2H3. The molecule has 6 nitrogen and oxygen atoms in total. The summed E-state index contributed by atoms with van der Waals surface area (Å²) in [6.07, 6.45) is 13.2. The summed E-state index contributed by atoms with van der Waals surface area (Å²) in [5, 5.41) is 0. The minimum absolute atomic E-state index is 0.339. The monoisotopic (exact) mass is 560 g/mol. The predicted octanol–water partition coefficient (Wildman–Crippen LogP) is 9.21. The maximum Gasteiger partial charge on any atom is 0.343 e. The number of unbranched alkanes of at least 4 members (excludes halogenated alkanes) is 9. The van der Waals surface area contributed by atoms with Gasteiger partial charge in [-0.3, -0.25) is 0 Å². The normalized spacial score (nSPS) is 10.7. The quantitative estimate of drug-likeness (QED) is 0.0827. The second-order valence-corrected chi connectivity index (χ2v) is 10.2. The molecule has 0 aliphatic rings. The Morgan fingerprint density at radius 1 is 0.439 bits per heavy atom. The lowest BCUT2D eigenvalue weighted by atomic mass is 10.1. The summed E-state index contributed by atoms with van der Waals surface area (Å²) >= 11 is 0. The summed E-state index contributed by atoms with van der Waals surface area (Å²) in [4.78, 5) is 25.1. The van der Waals surface area contributed by atoms with Crippen molar-refractivity contribution in [3.63, 3.8) is 0 Å². The van der Waals surface area contributed by atoms with E-state index in [2.05, 4.69) is 13.8 Å². The molecule has 0 saturated heterocycles. The topological polar surface area (TPSA) is 71.1 Å². The molecule has 0 N–H and O–H groups in total. The Morgan fingerprint density at radius 3 is 1.17 bits per heavy atom. The Bertz CT molecular complexity index is 1150. The van der Waals surface area contributed by atoms with Gasteiger partial charge in [-0.2, -0.15) is 0 Å². The highest BCUT2D eigenvalue weighted by molar-refractivity contribution is 5.92. The number of hydrogen-bond acceptors (Lipinski definition) is 6. The van der Waals surface area contributed by atoms with Crippen molar-refractivity contribution in [2.45, 2.75) is 84.5 Å². The molecule has 0 unspecified atom stereocenters. The molecule has 0 saturated carbocycles. The number of ether oxygens (including phenoxy) is 4. The lowest BCUT2D eigenvalue weighted by Crippen LogP contribution is -2.10. The van der Waals surface area contributed by atoms with Gasteiger partial charge in [0.2, 0.25) is 0 Å². The molecule has 0 fully saturated rings. The van der Waals surface area contributed by atoms with Gasteiger partial charge in [0.25, 0.3) is 0 Å². The molecule has 6 heteroatoms. The lowest BCUT2D eigenvalue weighted by molar-refractivity contribution is 0.0730. The molecular formula is C35H44O6. The van der Waals surface area contributed by atoms with Crippen LogP contribution < -0.4 is 18.9 Å². The average Bonchev–Trinajstić information content (AvgIpc) is 3.00. The first-order valence-corrected chi connectivity index (χ1v) is 15.1. The van der Waals surface area contributed by atoms with Gasteiger partial charge in [0.1, 0.15) is 23.0 Å². The smallest absolute Gasteiger partial charge is 0.343 e. The Kier molecular flexibility index (Phi) is 14.3. The molecule has 41 heavy (non-hydrogen) atoms. The van der Waals surface area contributed by atoms with Crippen molar-refractivity contribution in [2.75, 3.05) is 13.2 Å². The molecule has 0 heterocycles. The molecule has 0 amide bonds. The number of hydrogen-bond donors (Lipinski definition) is 0. The Balaban J connectivity index is 1.39. The van der Waals surface area contributed by atoms with E-state index in [0.29, 0.717) is 35.8 Å². The van der Waals surface area contributed by atoms with Crippen LogP contribution in [-0.4, -0.2) is 25.2 Å². The highest BCUT2D eigenvalue weighted by atomic mass is 16.5. The summed E-state index contributed by atoms with van der Waals surface area (Å²) < 4.78 is 22.5. The van der Waals surface area contributed by atoms with Gasteiger partial charge in [0.15, 0.2) is 0 Å². The van der Waals surface area contributed by atoms with Crippen LogP contribution in [-0.2, 0) is 0 Å². The second kappa shape index (κ2) is 18.5. The molecule has 3 aromatic carbocycles. The molecule has 0 aromatic heterocycles. The van der Waals surface area contributed by atoms with Crippen LogP contribution >= 0.6 is 0 Å². The third-order valence-corrected chi connectivity index (χ3v) is 6.71. The van der Waals surface area contributed by atoms with Gasteiger partial charge < -0.3 is 18.9 Å². The van der Waals surface area contributed by atoms with Crippen LogP contribution in [0.1, 0.15) is 105 Å². The molecular weight excluding hydrogens is 516 g/mol. The fraction of sp³-hybridized carbons (Fsp3) is 0.429. The van der Waals surface area contributed by atoms with Crippen molar-refractivity contribution in [3.8, 4) is 23.0 Å². The van der Waals surface area contributed by atoms with Gasteiger partial charge in [-0.15, -0.1) is 0 Å². The predicted molar refractivity (Wildman–Crippen MR) is 162 cm³/mol. The van der Waals surface area contributed by atoms with Crippen LogP contribution in [0.3, 0.4) is 0 Å². The third kappa shape index (κ3) is 12.1. The van der Waals surface area contributed by atoms with Crippen molar-refractivity contribution in [1.29, 1.82) is 0 Å². The van der Waals surface area contributed by atoms with Crippen LogP contribution in [0.4, 0.5) is 0 Å². The van der Waals surface area contributed by atoms with E-state index in [9.17, 15) is 9.59 Å². The van der Waals surface area contributed by atoms with Crippen LogP contribution in [0.15, 0.2) is 72.8 Å². The average molecular weight is 561 g/mol. The van der Waals surface area contributed by atoms with E-state index in [-0.39, 0.29) is 0 Å². The third-order valence-electron chi connectivity index (χ3n) is 6.71. The van der Waals surface area contributed by atoms with Crippen molar-refractivity contribution in [2.24, 2.45) is 0 Å². The highest BCUT2D eigenvalue weighted by Crippen LogP contribution is 2.21. The zero-order valence-electron chi connectivity index (χ0n) is 24.6. The van der Waals surface area contributed by atoms with Crippen molar-refractivity contribution >= 4 is 11.9 Å². The lowest BCUT2D eigenvalue weighted by Gasteiger charge is -2.09. The molecule has 0 radical (unpaired) electrons. The minimum Gasteiger partial charge on any atom is -0.494 e. The number of carbonyl (C=O) groups excluding carboxylic acids is 2. The number of carbonyl (C=O) groups is 2. The van der Waals surface area contributed by atoms with E-state index in [4.69, 9.17) is 18.9 Å². The van der Waals surface area contributed by atoms with Crippen LogP contribution in [0.25, 0.3) is 0 Å². The molecule has 220 valence electrons. The Labute approximate surface area is 245 Å². The largest absolute Gasteiger partial charge is 0.494 e. The van der Waals surface area contributed by atoms with Gasteiger partial charge in [0.05, 0.1) is 24.3 Å². The van der Waals surface area contributed by atoms with Gasteiger partial charge >= 0.3 is 11.9 Å². The molecule has 0 spiro atoms. The fourth-order valence-electron chi connectivity index (χ4n) is 4.25. The Hall–Kier alpha value is -3.80. The summed E-state index contributed by atoms with van der Waals surface area (Å²) in [6.45, 7) is 5.76. The zero-order chi connectivity index (χ0) is 29.1. The number of esters is 2. The van der Waals surface area contributed by atoms with E-state index in [1.54, 1.807) is 72.8 Å². The summed E-state index contributed by atoms with van der Waals surface area (Å²) in [6, 6.07) is 20.2. The summed E-state index contributed by atoms with van der Waals surface area (Å²) in [5.41, 5.74) is 0.771. The molecule has 0 atom stereocenters. The van der Waals surface area contributed by atoms with E-state index in [1.165, 1.54) is 51.4 Å². The van der Waals surface area contributed by atoms with Gasteiger partial charge in [-0.1, -0.05) is 71.6 Å². The molecule has 3 aromatic rings. The van der Waals surface area contributed by atoms with E-state index >= 15 is 0 Å². The maximum absolute atomic E-state index is 12.6. The van der Waals surface area contributed by atoms with Gasteiger partial charge in [-0.05, 0) is 85.6 Å². The zero-order valence-corrected chi connectivity index (χ0v) is 24.6. The first-order chi connectivity index (χ1) is 20.1. The fourth-order valence-corrected chi connectivity index (χ4v) is 4.25. The van der Waals surface area contributed by atoms with Gasteiger partial charge in [0, 0.05) is 0 Å². The molecule has 0 bridgehead atoms. The highest BCUT2D eigenvalue weighted by Gasteiger charge is 2.12. The maximum atomic E-state index is 12.6. The van der Waals surface area contributed by atoms with E-state index in [1.807, 2.05) is 0 Å². The SMILES string of the molecule is CCCCCCCCOc1ccc(OC(=O)c2ccc(OC(=O)c3ccc(OCCCCCCC)cc3)cc2)cc1. The number of benzene rings is 3. The molecule has 3 rings (SSSR count). The van der Waals surface area contributed by atoms with Crippen molar-refractivity contribution in [1.82, 2.24) is 0 Å². The molecule has 0 aliphatic heterocycles. The summed E-state index contributed by atoms with van der Waals surface area (Å²) in [7, 11) is 0. The van der Waals surface area contributed by atoms with Crippen molar-refractivity contribution in [3.05, 3.63) is 83.9 Å². The van der Waals surface area contributed by atoms with Gasteiger partial charge in [-0.25, -0.2) is 9.59 Å². The van der Waals surface area contributed by atoms with Crippen LogP contribution in [0.5, 0.6) is 23.0 Å². The molecule has 0 aliphatic carbocycles. The first kappa shape index (κ1) is 31.7.